The zero-order valence-corrected chi connectivity index (χ0v) is 9.66. The van der Waals surface area contributed by atoms with Crippen LogP contribution in [0, 0.1) is 11.6 Å². The lowest BCUT2D eigenvalue weighted by Crippen LogP contribution is -2.25. The maximum absolute atomic E-state index is 13.4. The highest BCUT2D eigenvalue weighted by Crippen LogP contribution is 2.21. The fourth-order valence-electron chi connectivity index (χ4n) is 2.08. The maximum atomic E-state index is 13.4. The molecule has 0 atom stereocenters. The predicted molar refractivity (Wildman–Crippen MR) is 60.5 cm³/mol. The quantitative estimate of drug-likeness (QED) is 0.802. The SMILES string of the molecule is Fc1cc(CNC2CCCC2)c(F)cc1Cl. The molecule has 0 heterocycles. The minimum atomic E-state index is -0.564. The van der Waals surface area contributed by atoms with Gasteiger partial charge in [-0.1, -0.05) is 24.4 Å². The molecule has 0 spiro atoms. The van der Waals surface area contributed by atoms with Crippen molar-refractivity contribution in [2.75, 3.05) is 0 Å². The summed E-state index contributed by atoms with van der Waals surface area (Å²) < 4.78 is 26.5. The molecule has 0 unspecified atom stereocenters. The van der Waals surface area contributed by atoms with Gasteiger partial charge in [-0.15, -0.1) is 0 Å². The molecule has 4 heteroatoms. The minimum absolute atomic E-state index is 0.165. The van der Waals surface area contributed by atoms with Gasteiger partial charge in [-0.3, -0.25) is 0 Å². The number of nitrogens with one attached hydrogen (secondary N) is 1. The second-order valence-electron chi connectivity index (χ2n) is 4.22. The van der Waals surface area contributed by atoms with Crippen LogP contribution in [0.25, 0.3) is 0 Å². The highest BCUT2D eigenvalue weighted by atomic mass is 35.5. The summed E-state index contributed by atoms with van der Waals surface area (Å²) in [5.74, 6) is -1.01. The van der Waals surface area contributed by atoms with Crippen LogP contribution in [0.5, 0.6) is 0 Å². The molecule has 1 aliphatic rings. The van der Waals surface area contributed by atoms with E-state index in [1.807, 2.05) is 0 Å². The smallest absolute Gasteiger partial charge is 0.142 e. The van der Waals surface area contributed by atoms with Crippen LogP contribution in [0.2, 0.25) is 5.02 Å². The monoisotopic (exact) mass is 245 g/mol. The topological polar surface area (TPSA) is 12.0 Å². The van der Waals surface area contributed by atoms with E-state index in [4.69, 9.17) is 11.6 Å². The summed E-state index contributed by atoms with van der Waals surface area (Å²) in [7, 11) is 0. The normalized spacial score (nSPS) is 16.9. The van der Waals surface area contributed by atoms with Gasteiger partial charge in [0, 0.05) is 18.2 Å². The number of benzene rings is 1. The summed E-state index contributed by atoms with van der Waals surface area (Å²) in [5.41, 5.74) is 0.341. The molecule has 0 amide bonds. The van der Waals surface area contributed by atoms with Gasteiger partial charge in [0.2, 0.25) is 0 Å². The van der Waals surface area contributed by atoms with Gasteiger partial charge in [-0.25, -0.2) is 8.78 Å². The molecule has 1 N–H and O–H groups in total. The summed E-state index contributed by atoms with van der Waals surface area (Å²) in [6.45, 7) is 0.366. The highest BCUT2D eigenvalue weighted by molar-refractivity contribution is 6.30. The Hall–Kier alpha value is -0.670. The van der Waals surface area contributed by atoms with Crippen molar-refractivity contribution in [3.63, 3.8) is 0 Å². The fourth-order valence-corrected chi connectivity index (χ4v) is 2.23. The summed E-state index contributed by atoms with van der Waals surface area (Å²) in [6.07, 6.45) is 4.68. The van der Waals surface area contributed by atoms with Gasteiger partial charge in [-0.05, 0) is 25.0 Å². The average molecular weight is 246 g/mol. The zero-order valence-electron chi connectivity index (χ0n) is 8.90. The van der Waals surface area contributed by atoms with Crippen LogP contribution >= 0.6 is 11.6 Å². The van der Waals surface area contributed by atoms with Crippen LogP contribution in [0.4, 0.5) is 8.78 Å². The third kappa shape index (κ3) is 2.71. The lowest BCUT2D eigenvalue weighted by atomic mass is 10.2. The number of hydrogen-bond donors (Lipinski definition) is 1. The Morgan fingerprint density at radius 3 is 2.56 bits per heavy atom. The van der Waals surface area contributed by atoms with Gasteiger partial charge in [-0.2, -0.15) is 0 Å². The third-order valence-corrected chi connectivity index (χ3v) is 3.32. The Labute approximate surface area is 98.8 Å². The van der Waals surface area contributed by atoms with Crippen molar-refractivity contribution in [1.82, 2.24) is 5.32 Å². The summed E-state index contributed by atoms with van der Waals surface area (Å²) >= 11 is 5.48. The Morgan fingerprint density at radius 1 is 1.19 bits per heavy atom. The van der Waals surface area contributed by atoms with Gasteiger partial charge in [0.25, 0.3) is 0 Å². The van der Waals surface area contributed by atoms with Crippen LogP contribution in [-0.4, -0.2) is 6.04 Å². The van der Waals surface area contributed by atoms with Crippen molar-refractivity contribution in [2.45, 2.75) is 38.3 Å². The summed E-state index contributed by atoms with van der Waals surface area (Å²) in [5, 5.41) is 3.07. The first-order valence-electron chi connectivity index (χ1n) is 5.53. The van der Waals surface area contributed by atoms with Crippen molar-refractivity contribution in [3.05, 3.63) is 34.4 Å². The van der Waals surface area contributed by atoms with Crippen molar-refractivity contribution in [1.29, 1.82) is 0 Å². The van der Waals surface area contributed by atoms with Gasteiger partial charge in [0.05, 0.1) is 5.02 Å². The molecule has 1 aliphatic carbocycles. The van der Waals surface area contributed by atoms with Crippen molar-refractivity contribution in [3.8, 4) is 0 Å². The zero-order chi connectivity index (χ0) is 11.5. The lowest BCUT2D eigenvalue weighted by molar-refractivity contribution is 0.505. The van der Waals surface area contributed by atoms with E-state index in [9.17, 15) is 8.78 Å². The van der Waals surface area contributed by atoms with Crippen LogP contribution < -0.4 is 5.32 Å². The number of halogens is 3. The highest BCUT2D eigenvalue weighted by Gasteiger charge is 2.15. The van der Waals surface area contributed by atoms with E-state index in [0.717, 1.165) is 18.9 Å². The number of rotatable bonds is 3. The molecule has 0 aliphatic heterocycles. The standard InChI is InChI=1S/C12H14ClF2N/c13-10-6-11(14)8(5-12(10)15)7-16-9-3-1-2-4-9/h5-6,9,16H,1-4,7H2. The van der Waals surface area contributed by atoms with E-state index < -0.39 is 11.6 Å². The predicted octanol–water partition coefficient (Wildman–Crippen LogP) is 3.65. The first kappa shape index (κ1) is 11.8. The second kappa shape index (κ2) is 5.11. The second-order valence-corrected chi connectivity index (χ2v) is 4.63. The van der Waals surface area contributed by atoms with Gasteiger partial charge in [0.15, 0.2) is 0 Å². The molecule has 88 valence electrons. The van der Waals surface area contributed by atoms with Crippen LogP contribution in [0.1, 0.15) is 31.2 Å². The van der Waals surface area contributed by atoms with Crippen LogP contribution in [-0.2, 0) is 6.54 Å². The van der Waals surface area contributed by atoms with E-state index in [-0.39, 0.29) is 5.02 Å². The number of hydrogen-bond acceptors (Lipinski definition) is 1. The lowest BCUT2D eigenvalue weighted by Gasteiger charge is -2.12. The maximum Gasteiger partial charge on any atom is 0.142 e. The minimum Gasteiger partial charge on any atom is -0.310 e. The molecular formula is C12H14ClF2N. The molecule has 2 rings (SSSR count). The van der Waals surface area contributed by atoms with Gasteiger partial charge >= 0.3 is 0 Å². The molecule has 1 nitrogen and oxygen atoms in total. The molecule has 0 bridgehead atoms. The van der Waals surface area contributed by atoms with Gasteiger partial charge in [0.1, 0.15) is 11.6 Å². The molecule has 0 aromatic heterocycles. The van der Waals surface area contributed by atoms with Crippen molar-refractivity contribution in [2.24, 2.45) is 0 Å². The first-order chi connectivity index (χ1) is 7.66. The van der Waals surface area contributed by atoms with E-state index in [2.05, 4.69) is 5.32 Å². The fraction of sp³-hybridized carbons (Fsp3) is 0.500. The molecule has 16 heavy (non-hydrogen) atoms. The molecule has 1 aromatic rings. The average Bonchev–Trinajstić information content (AvgIpc) is 2.74. The van der Waals surface area contributed by atoms with Crippen molar-refractivity contribution >= 4 is 11.6 Å². The third-order valence-electron chi connectivity index (χ3n) is 3.03. The largest absolute Gasteiger partial charge is 0.310 e. The summed E-state index contributed by atoms with van der Waals surface area (Å²) in [6, 6.07) is 2.64. The Morgan fingerprint density at radius 2 is 1.88 bits per heavy atom. The molecular weight excluding hydrogens is 232 g/mol. The molecule has 1 saturated carbocycles. The Bertz CT molecular complexity index is 376. The van der Waals surface area contributed by atoms with Gasteiger partial charge < -0.3 is 5.32 Å². The van der Waals surface area contributed by atoms with E-state index in [0.29, 0.717) is 18.2 Å². The summed E-state index contributed by atoms with van der Waals surface area (Å²) in [4.78, 5) is 0. The molecule has 0 radical (unpaired) electrons. The van der Waals surface area contributed by atoms with Crippen LogP contribution in [0.15, 0.2) is 12.1 Å². The molecule has 0 saturated heterocycles. The Kier molecular flexibility index (Phi) is 3.77. The van der Waals surface area contributed by atoms with E-state index in [1.165, 1.54) is 18.9 Å². The van der Waals surface area contributed by atoms with E-state index in [1.54, 1.807) is 0 Å². The Balaban J connectivity index is 2.00. The van der Waals surface area contributed by atoms with Crippen LogP contribution in [0.3, 0.4) is 0 Å². The van der Waals surface area contributed by atoms with E-state index >= 15 is 0 Å². The molecule has 1 aromatic carbocycles. The first-order valence-corrected chi connectivity index (χ1v) is 5.91. The molecule has 1 fully saturated rings. The van der Waals surface area contributed by atoms with Crippen molar-refractivity contribution < 1.29 is 8.78 Å².